The standard InChI is InChI=1S/C20H19NO5S/c1-23-15-7-4-6-13(10-15)19-21-14(12-27-19)11-26-20(22)16-8-5-9-17(24-2)18(16)25-3/h4-10,12H,11H2,1-3H3. The lowest BCUT2D eigenvalue weighted by molar-refractivity contribution is 0.0464. The predicted octanol–water partition coefficient (Wildman–Crippen LogP) is 4.19. The Bertz CT molecular complexity index is 938. The smallest absolute Gasteiger partial charge is 0.342 e. The fourth-order valence-corrected chi connectivity index (χ4v) is 3.33. The maximum absolute atomic E-state index is 12.4. The van der Waals surface area contributed by atoms with E-state index in [9.17, 15) is 4.79 Å². The average molecular weight is 385 g/mol. The molecule has 7 heteroatoms. The summed E-state index contributed by atoms with van der Waals surface area (Å²) in [7, 11) is 4.62. The van der Waals surface area contributed by atoms with Crippen molar-refractivity contribution in [2.45, 2.75) is 6.61 Å². The van der Waals surface area contributed by atoms with E-state index in [0.717, 1.165) is 16.3 Å². The van der Waals surface area contributed by atoms with E-state index in [1.165, 1.54) is 25.6 Å². The number of carbonyl (C=O) groups excluding carboxylic acids is 1. The van der Waals surface area contributed by atoms with Gasteiger partial charge in [-0.3, -0.25) is 0 Å². The molecule has 0 aliphatic rings. The summed E-state index contributed by atoms with van der Waals surface area (Å²) in [5, 5.41) is 2.70. The van der Waals surface area contributed by atoms with Gasteiger partial charge in [-0.15, -0.1) is 11.3 Å². The molecular weight excluding hydrogens is 366 g/mol. The second kappa shape index (κ2) is 8.55. The van der Waals surface area contributed by atoms with E-state index in [1.54, 1.807) is 25.3 Å². The summed E-state index contributed by atoms with van der Waals surface area (Å²) >= 11 is 1.48. The lowest BCUT2D eigenvalue weighted by Crippen LogP contribution is -2.08. The molecular formula is C20H19NO5S. The van der Waals surface area contributed by atoms with Crippen LogP contribution >= 0.6 is 11.3 Å². The number of para-hydroxylation sites is 1. The van der Waals surface area contributed by atoms with Crippen LogP contribution in [0.5, 0.6) is 17.2 Å². The molecule has 3 aromatic rings. The van der Waals surface area contributed by atoms with Crippen LogP contribution in [0.25, 0.3) is 10.6 Å². The number of hydrogen-bond acceptors (Lipinski definition) is 7. The van der Waals surface area contributed by atoms with Gasteiger partial charge >= 0.3 is 5.97 Å². The summed E-state index contributed by atoms with van der Waals surface area (Å²) in [6.45, 7) is 0.0691. The van der Waals surface area contributed by atoms with Crippen molar-refractivity contribution in [3.63, 3.8) is 0 Å². The third-order valence-electron chi connectivity index (χ3n) is 3.84. The van der Waals surface area contributed by atoms with Crippen molar-refractivity contribution >= 4 is 17.3 Å². The Labute approximate surface area is 161 Å². The predicted molar refractivity (Wildman–Crippen MR) is 103 cm³/mol. The number of nitrogens with zero attached hydrogens (tertiary/aromatic N) is 1. The number of carbonyl (C=O) groups is 1. The molecule has 27 heavy (non-hydrogen) atoms. The second-order valence-corrected chi connectivity index (χ2v) is 6.35. The Kier molecular flexibility index (Phi) is 5.93. The molecule has 3 rings (SSSR count). The first-order valence-electron chi connectivity index (χ1n) is 8.13. The van der Waals surface area contributed by atoms with Crippen LogP contribution in [0, 0.1) is 0 Å². The van der Waals surface area contributed by atoms with Crippen LogP contribution < -0.4 is 14.2 Å². The second-order valence-electron chi connectivity index (χ2n) is 5.49. The molecule has 0 saturated carbocycles. The van der Waals surface area contributed by atoms with Crippen molar-refractivity contribution in [3.8, 4) is 27.8 Å². The Morgan fingerprint density at radius 2 is 1.85 bits per heavy atom. The molecule has 0 N–H and O–H groups in total. The number of hydrogen-bond donors (Lipinski definition) is 0. The Morgan fingerprint density at radius 1 is 1.04 bits per heavy atom. The molecule has 0 fully saturated rings. The molecule has 0 atom stereocenters. The first-order valence-corrected chi connectivity index (χ1v) is 9.01. The van der Waals surface area contributed by atoms with Gasteiger partial charge < -0.3 is 18.9 Å². The molecule has 2 aromatic carbocycles. The normalized spacial score (nSPS) is 10.3. The van der Waals surface area contributed by atoms with E-state index in [0.29, 0.717) is 22.8 Å². The van der Waals surface area contributed by atoms with E-state index in [-0.39, 0.29) is 6.61 Å². The molecule has 0 unspecified atom stereocenters. The van der Waals surface area contributed by atoms with Crippen molar-refractivity contribution in [2.24, 2.45) is 0 Å². The van der Waals surface area contributed by atoms with Crippen molar-refractivity contribution in [2.75, 3.05) is 21.3 Å². The summed E-state index contributed by atoms with van der Waals surface area (Å²) in [4.78, 5) is 17.0. The summed E-state index contributed by atoms with van der Waals surface area (Å²) in [6, 6.07) is 12.7. The largest absolute Gasteiger partial charge is 0.497 e. The van der Waals surface area contributed by atoms with Gasteiger partial charge in [0.2, 0.25) is 0 Å². The van der Waals surface area contributed by atoms with E-state index >= 15 is 0 Å². The van der Waals surface area contributed by atoms with Crippen molar-refractivity contribution in [1.82, 2.24) is 4.98 Å². The van der Waals surface area contributed by atoms with E-state index < -0.39 is 5.97 Å². The van der Waals surface area contributed by atoms with Gasteiger partial charge in [-0.05, 0) is 24.3 Å². The van der Waals surface area contributed by atoms with Gasteiger partial charge in [-0.25, -0.2) is 9.78 Å². The molecule has 0 bridgehead atoms. The Balaban J connectivity index is 1.71. The molecule has 1 heterocycles. The molecule has 0 spiro atoms. The van der Waals surface area contributed by atoms with Crippen molar-refractivity contribution < 1.29 is 23.7 Å². The maximum atomic E-state index is 12.4. The van der Waals surface area contributed by atoms with Gasteiger partial charge in [0.25, 0.3) is 0 Å². The lowest BCUT2D eigenvalue weighted by Gasteiger charge is -2.11. The van der Waals surface area contributed by atoms with Crippen LogP contribution in [0.2, 0.25) is 0 Å². The molecule has 0 aliphatic heterocycles. The van der Waals surface area contributed by atoms with Gasteiger partial charge in [-0.1, -0.05) is 18.2 Å². The van der Waals surface area contributed by atoms with E-state index in [4.69, 9.17) is 18.9 Å². The van der Waals surface area contributed by atoms with Crippen LogP contribution in [0.3, 0.4) is 0 Å². The first-order chi connectivity index (χ1) is 13.2. The van der Waals surface area contributed by atoms with Gasteiger partial charge in [0, 0.05) is 10.9 Å². The minimum atomic E-state index is -0.498. The van der Waals surface area contributed by atoms with Crippen molar-refractivity contribution in [1.29, 1.82) is 0 Å². The van der Waals surface area contributed by atoms with E-state index in [1.807, 2.05) is 29.6 Å². The minimum Gasteiger partial charge on any atom is -0.497 e. The molecule has 0 saturated heterocycles. The zero-order valence-electron chi connectivity index (χ0n) is 15.2. The number of rotatable bonds is 7. The van der Waals surface area contributed by atoms with Crippen molar-refractivity contribution in [3.05, 3.63) is 59.1 Å². The minimum absolute atomic E-state index is 0.0691. The summed E-state index contributed by atoms with van der Waals surface area (Å²) in [6.07, 6.45) is 0. The highest BCUT2D eigenvalue weighted by atomic mass is 32.1. The Hall–Kier alpha value is -3.06. The highest BCUT2D eigenvalue weighted by Gasteiger charge is 2.18. The first kappa shape index (κ1) is 18.7. The monoisotopic (exact) mass is 385 g/mol. The van der Waals surface area contributed by atoms with Crippen LogP contribution in [0.1, 0.15) is 16.1 Å². The van der Waals surface area contributed by atoms with Gasteiger partial charge in [0.05, 0.1) is 27.0 Å². The van der Waals surface area contributed by atoms with Crippen LogP contribution in [-0.2, 0) is 11.3 Å². The third-order valence-corrected chi connectivity index (χ3v) is 4.78. The molecule has 0 amide bonds. The van der Waals surface area contributed by atoms with Crippen LogP contribution in [0.4, 0.5) is 0 Å². The van der Waals surface area contributed by atoms with Crippen LogP contribution in [-0.4, -0.2) is 32.3 Å². The van der Waals surface area contributed by atoms with Crippen LogP contribution in [0.15, 0.2) is 47.8 Å². The summed E-state index contributed by atoms with van der Waals surface area (Å²) < 4.78 is 21.1. The number of methoxy groups -OCH3 is 3. The molecule has 1 aromatic heterocycles. The number of thiazole rings is 1. The maximum Gasteiger partial charge on any atom is 0.342 e. The molecule has 6 nitrogen and oxygen atoms in total. The fourth-order valence-electron chi connectivity index (χ4n) is 2.53. The van der Waals surface area contributed by atoms with E-state index in [2.05, 4.69) is 4.98 Å². The zero-order chi connectivity index (χ0) is 19.2. The topological polar surface area (TPSA) is 66.9 Å². The average Bonchev–Trinajstić information content (AvgIpc) is 3.20. The lowest BCUT2D eigenvalue weighted by atomic mass is 10.2. The summed E-state index contributed by atoms with van der Waals surface area (Å²) in [5.74, 6) is 1.09. The molecule has 0 aliphatic carbocycles. The SMILES string of the molecule is COc1cccc(-c2nc(COC(=O)c3cccc(OC)c3OC)cs2)c1. The summed E-state index contributed by atoms with van der Waals surface area (Å²) in [5.41, 5.74) is 1.93. The number of benzene rings is 2. The van der Waals surface area contributed by atoms with Gasteiger partial charge in [-0.2, -0.15) is 0 Å². The quantitative estimate of drug-likeness (QED) is 0.568. The third kappa shape index (κ3) is 4.20. The van der Waals surface area contributed by atoms with Gasteiger partial charge in [0.15, 0.2) is 11.5 Å². The molecule has 0 radical (unpaired) electrons. The van der Waals surface area contributed by atoms with Gasteiger partial charge in [0.1, 0.15) is 22.9 Å². The fraction of sp³-hybridized carbons (Fsp3) is 0.200. The number of aromatic nitrogens is 1. The zero-order valence-corrected chi connectivity index (χ0v) is 16.0. The number of ether oxygens (including phenoxy) is 4. The molecule has 140 valence electrons. The highest BCUT2D eigenvalue weighted by Crippen LogP contribution is 2.31. The highest BCUT2D eigenvalue weighted by molar-refractivity contribution is 7.13. The number of esters is 1. The Morgan fingerprint density at radius 3 is 2.59 bits per heavy atom.